The standard InChI is InChI=1S/C6H13NO3/c1-4(8)5(9)10-6(2,3)7/h4,8H,7H2,1-3H3. The number of aliphatic hydroxyl groups excluding tert-OH is 1. The van der Waals surface area contributed by atoms with Crippen molar-refractivity contribution in [3.63, 3.8) is 0 Å². The Morgan fingerprint density at radius 3 is 2.20 bits per heavy atom. The monoisotopic (exact) mass is 147 g/mol. The third-order valence-electron chi connectivity index (χ3n) is 0.705. The molecular formula is C6H13NO3. The van der Waals surface area contributed by atoms with E-state index in [0.717, 1.165) is 0 Å². The molecule has 1 unspecified atom stereocenters. The van der Waals surface area contributed by atoms with E-state index in [9.17, 15) is 4.79 Å². The SMILES string of the molecule is CC(O)C(=O)OC(C)(C)N. The van der Waals surface area contributed by atoms with Gasteiger partial charge in [-0.3, -0.25) is 5.73 Å². The molecule has 0 aliphatic carbocycles. The Kier molecular flexibility index (Phi) is 2.80. The zero-order chi connectivity index (χ0) is 8.36. The van der Waals surface area contributed by atoms with Crippen LogP contribution in [0.2, 0.25) is 0 Å². The summed E-state index contributed by atoms with van der Waals surface area (Å²) in [4.78, 5) is 10.6. The van der Waals surface area contributed by atoms with Gasteiger partial charge in [-0.15, -0.1) is 0 Å². The highest BCUT2D eigenvalue weighted by Gasteiger charge is 2.19. The van der Waals surface area contributed by atoms with Crippen molar-refractivity contribution >= 4 is 5.97 Å². The Hall–Kier alpha value is -0.610. The van der Waals surface area contributed by atoms with Crippen LogP contribution < -0.4 is 5.73 Å². The van der Waals surface area contributed by atoms with Gasteiger partial charge in [0.15, 0.2) is 5.72 Å². The number of carbonyl (C=O) groups is 1. The van der Waals surface area contributed by atoms with E-state index >= 15 is 0 Å². The van der Waals surface area contributed by atoms with Gasteiger partial charge in [-0.1, -0.05) is 0 Å². The first kappa shape index (κ1) is 9.39. The third-order valence-corrected chi connectivity index (χ3v) is 0.705. The number of ether oxygens (including phenoxy) is 1. The molecule has 0 aromatic carbocycles. The van der Waals surface area contributed by atoms with E-state index in [1.807, 2.05) is 0 Å². The lowest BCUT2D eigenvalue weighted by Crippen LogP contribution is -2.40. The largest absolute Gasteiger partial charge is 0.443 e. The molecule has 0 saturated carbocycles. The van der Waals surface area contributed by atoms with Crippen molar-refractivity contribution in [2.75, 3.05) is 0 Å². The summed E-state index contributed by atoms with van der Waals surface area (Å²) in [5.74, 6) is -0.701. The van der Waals surface area contributed by atoms with E-state index in [2.05, 4.69) is 4.74 Å². The lowest BCUT2D eigenvalue weighted by atomic mass is 10.3. The molecule has 0 saturated heterocycles. The highest BCUT2D eigenvalue weighted by molar-refractivity contribution is 5.74. The van der Waals surface area contributed by atoms with Gasteiger partial charge in [-0.2, -0.15) is 0 Å². The van der Waals surface area contributed by atoms with Crippen LogP contribution in [0.4, 0.5) is 0 Å². The number of esters is 1. The van der Waals surface area contributed by atoms with Crippen LogP contribution >= 0.6 is 0 Å². The van der Waals surface area contributed by atoms with Crippen molar-refractivity contribution in [3.05, 3.63) is 0 Å². The van der Waals surface area contributed by atoms with Gasteiger partial charge in [-0.25, -0.2) is 4.79 Å². The number of rotatable bonds is 2. The zero-order valence-electron chi connectivity index (χ0n) is 6.42. The molecule has 0 amide bonds. The van der Waals surface area contributed by atoms with Crippen molar-refractivity contribution in [2.24, 2.45) is 5.73 Å². The van der Waals surface area contributed by atoms with Crippen molar-refractivity contribution in [2.45, 2.75) is 32.6 Å². The summed E-state index contributed by atoms with van der Waals surface area (Å²) in [7, 11) is 0. The van der Waals surface area contributed by atoms with Crippen LogP contribution in [0.1, 0.15) is 20.8 Å². The van der Waals surface area contributed by atoms with Gasteiger partial charge in [0.25, 0.3) is 0 Å². The van der Waals surface area contributed by atoms with Crippen molar-refractivity contribution in [1.82, 2.24) is 0 Å². The van der Waals surface area contributed by atoms with E-state index in [4.69, 9.17) is 10.8 Å². The van der Waals surface area contributed by atoms with Gasteiger partial charge < -0.3 is 9.84 Å². The van der Waals surface area contributed by atoms with Crippen LogP contribution in [0.3, 0.4) is 0 Å². The lowest BCUT2D eigenvalue weighted by Gasteiger charge is -2.19. The fourth-order valence-electron chi connectivity index (χ4n) is 0.345. The molecule has 4 nitrogen and oxygen atoms in total. The molecule has 10 heavy (non-hydrogen) atoms. The highest BCUT2D eigenvalue weighted by atomic mass is 16.6. The van der Waals surface area contributed by atoms with E-state index in [1.54, 1.807) is 0 Å². The Bertz CT molecular complexity index is 125. The van der Waals surface area contributed by atoms with E-state index < -0.39 is 17.8 Å². The molecule has 4 heteroatoms. The molecule has 0 radical (unpaired) electrons. The van der Waals surface area contributed by atoms with Gasteiger partial charge in [0, 0.05) is 0 Å². The summed E-state index contributed by atoms with van der Waals surface area (Å²) < 4.78 is 4.59. The molecule has 0 heterocycles. The van der Waals surface area contributed by atoms with Crippen molar-refractivity contribution in [3.8, 4) is 0 Å². The number of carbonyl (C=O) groups excluding carboxylic acids is 1. The predicted molar refractivity (Wildman–Crippen MR) is 36.0 cm³/mol. The smallest absolute Gasteiger partial charge is 0.336 e. The average Bonchev–Trinajstić information content (AvgIpc) is 1.60. The van der Waals surface area contributed by atoms with Gasteiger partial charge in [0.2, 0.25) is 0 Å². The molecule has 0 spiro atoms. The molecule has 0 fully saturated rings. The molecule has 3 N–H and O–H groups in total. The summed E-state index contributed by atoms with van der Waals surface area (Å²) in [6.45, 7) is 4.40. The Balaban J connectivity index is 3.81. The summed E-state index contributed by atoms with van der Waals surface area (Å²) in [5, 5.41) is 8.65. The van der Waals surface area contributed by atoms with Crippen LogP contribution in [0.25, 0.3) is 0 Å². The summed E-state index contributed by atoms with van der Waals surface area (Å²) in [5.41, 5.74) is 4.31. The Morgan fingerprint density at radius 2 is 2.10 bits per heavy atom. The number of aliphatic hydroxyl groups is 1. The molecule has 60 valence electrons. The Morgan fingerprint density at radius 1 is 1.70 bits per heavy atom. The van der Waals surface area contributed by atoms with Gasteiger partial charge in [0.1, 0.15) is 6.10 Å². The second-order valence-electron chi connectivity index (χ2n) is 2.70. The quantitative estimate of drug-likeness (QED) is 0.412. The maximum absolute atomic E-state index is 10.6. The first-order valence-corrected chi connectivity index (χ1v) is 3.03. The minimum absolute atomic E-state index is 0.701. The van der Waals surface area contributed by atoms with Crippen molar-refractivity contribution < 1.29 is 14.6 Å². The highest BCUT2D eigenvalue weighted by Crippen LogP contribution is 2.00. The van der Waals surface area contributed by atoms with Gasteiger partial charge in [-0.05, 0) is 20.8 Å². The fraction of sp³-hybridized carbons (Fsp3) is 0.833. The first-order chi connectivity index (χ1) is 4.33. The summed E-state index contributed by atoms with van der Waals surface area (Å²) >= 11 is 0. The average molecular weight is 147 g/mol. The van der Waals surface area contributed by atoms with E-state index in [-0.39, 0.29) is 0 Å². The normalized spacial score (nSPS) is 14.5. The third kappa shape index (κ3) is 4.29. The maximum Gasteiger partial charge on any atom is 0.336 e. The minimum atomic E-state index is -1.11. The van der Waals surface area contributed by atoms with Crippen LogP contribution in [-0.2, 0) is 9.53 Å². The number of hydrogen-bond donors (Lipinski definition) is 2. The molecule has 0 aromatic rings. The van der Waals surface area contributed by atoms with Crippen LogP contribution in [0, 0.1) is 0 Å². The minimum Gasteiger partial charge on any atom is -0.443 e. The molecule has 0 aromatic heterocycles. The number of hydrogen-bond acceptors (Lipinski definition) is 4. The zero-order valence-corrected chi connectivity index (χ0v) is 6.42. The molecule has 0 rings (SSSR count). The molecule has 0 aliphatic heterocycles. The van der Waals surface area contributed by atoms with E-state index in [0.29, 0.717) is 0 Å². The molecular weight excluding hydrogens is 134 g/mol. The predicted octanol–water partition coefficient (Wildman–Crippen LogP) is -0.395. The molecule has 0 aliphatic rings. The Labute approximate surface area is 60.0 Å². The molecule has 0 bridgehead atoms. The van der Waals surface area contributed by atoms with E-state index in [1.165, 1.54) is 20.8 Å². The molecule has 1 atom stereocenters. The number of nitrogens with two attached hydrogens (primary N) is 1. The fourth-order valence-corrected chi connectivity index (χ4v) is 0.345. The summed E-state index contributed by atoms with van der Waals surface area (Å²) in [6.07, 6.45) is -1.11. The van der Waals surface area contributed by atoms with Crippen LogP contribution in [-0.4, -0.2) is 22.9 Å². The van der Waals surface area contributed by atoms with Gasteiger partial charge >= 0.3 is 5.97 Å². The first-order valence-electron chi connectivity index (χ1n) is 3.03. The van der Waals surface area contributed by atoms with Gasteiger partial charge in [0.05, 0.1) is 0 Å². The topological polar surface area (TPSA) is 72.5 Å². The van der Waals surface area contributed by atoms with Crippen LogP contribution in [0.5, 0.6) is 0 Å². The maximum atomic E-state index is 10.6. The van der Waals surface area contributed by atoms with Crippen molar-refractivity contribution in [1.29, 1.82) is 0 Å². The summed E-state index contributed by atoms with van der Waals surface area (Å²) in [6, 6.07) is 0. The second kappa shape index (κ2) is 2.98. The van der Waals surface area contributed by atoms with Crippen LogP contribution in [0.15, 0.2) is 0 Å². The second-order valence-corrected chi connectivity index (χ2v) is 2.70. The lowest BCUT2D eigenvalue weighted by molar-refractivity contribution is -0.165.